The lowest BCUT2D eigenvalue weighted by Gasteiger charge is -2.19. The molecular weight excluding hydrogens is 502 g/mol. The van der Waals surface area contributed by atoms with E-state index >= 15 is 0 Å². The number of carbonyl (C=O) groups is 3. The number of ether oxygens (including phenoxy) is 2. The lowest BCUT2D eigenvalue weighted by molar-refractivity contribution is -0.150. The Hall–Kier alpha value is -1.43. The number of esters is 2. The maximum atomic E-state index is 12.2. The third-order valence-electron chi connectivity index (χ3n) is 7.72. The lowest BCUT2D eigenvalue weighted by atomic mass is 9.92. The smallest absolute Gasteiger partial charge is 0.320 e. The summed E-state index contributed by atoms with van der Waals surface area (Å²) in [4.78, 5) is 36.7. The van der Waals surface area contributed by atoms with E-state index in [-0.39, 0.29) is 18.0 Å². The average Bonchev–Trinajstić information content (AvgIpc) is 2.91. The van der Waals surface area contributed by atoms with Crippen LogP contribution < -0.4 is 0 Å². The molecule has 6 nitrogen and oxygen atoms in total. The van der Waals surface area contributed by atoms with E-state index < -0.39 is 0 Å². The van der Waals surface area contributed by atoms with E-state index in [4.69, 9.17) is 9.47 Å². The highest BCUT2D eigenvalue weighted by atomic mass is 16.5. The van der Waals surface area contributed by atoms with Crippen molar-refractivity contribution in [2.75, 3.05) is 27.2 Å². The van der Waals surface area contributed by atoms with Gasteiger partial charge in [-0.15, -0.1) is 0 Å². The van der Waals surface area contributed by atoms with Crippen LogP contribution in [0.4, 0.5) is 0 Å². The van der Waals surface area contributed by atoms with Gasteiger partial charge in [-0.2, -0.15) is 0 Å². The van der Waals surface area contributed by atoms with Crippen LogP contribution in [0.2, 0.25) is 0 Å². The van der Waals surface area contributed by atoms with Crippen LogP contribution in [0.15, 0.2) is 0 Å². The zero-order chi connectivity index (χ0) is 29.7. The molecular formula is C34H65NO5. The molecule has 0 aliphatic carbocycles. The molecule has 0 rings (SSSR count). The minimum Gasteiger partial charge on any atom is -0.466 e. The van der Waals surface area contributed by atoms with Crippen molar-refractivity contribution in [1.29, 1.82) is 0 Å². The summed E-state index contributed by atoms with van der Waals surface area (Å²) in [6.45, 7) is 5.39. The Bertz CT molecular complexity index is 585. The van der Waals surface area contributed by atoms with Gasteiger partial charge in [-0.3, -0.25) is 14.5 Å². The molecule has 0 saturated carbocycles. The van der Waals surface area contributed by atoms with Gasteiger partial charge in [0, 0.05) is 12.8 Å². The summed E-state index contributed by atoms with van der Waals surface area (Å²) >= 11 is 0. The summed E-state index contributed by atoms with van der Waals surface area (Å²) in [5, 5.41) is 0. The summed E-state index contributed by atoms with van der Waals surface area (Å²) in [6, 6.07) is 0. The molecule has 0 aromatic carbocycles. The second kappa shape index (κ2) is 29.1. The topological polar surface area (TPSA) is 72.9 Å². The quantitative estimate of drug-likeness (QED) is 0.0490. The van der Waals surface area contributed by atoms with Gasteiger partial charge in [-0.1, -0.05) is 104 Å². The van der Waals surface area contributed by atoms with Gasteiger partial charge in [0.05, 0.1) is 13.2 Å². The molecule has 0 N–H and O–H groups in total. The Labute approximate surface area is 247 Å². The fourth-order valence-corrected chi connectivity index (χ4v) is 5.26. The number of carbonyl (C=O) groups excluding carboxylic acids is 3. The third-order valence-corrected chi connectivity index (χ3v) is 7.72. The fraction of sp³-hybridized carbons (Fsp3) is 0.912. The average molecular weight is 568 g/mol. The highest BCUT2D eigenvalue weighted by Gasteiger charge is 2.15. The zero-order valence-electron chi connectivity index (χ0n) is 26.9. The molecule has 0 amide bonds. The molecule has 0 aromatic heterocycles. The van der Waals surface area contributed by atoms with E-state index in [0.717, 1.165) is 89.8 Å². The molecule has 0 bridgehead atoms. The van der Waals surface area contributed by atoms with Gasteiger partial charge >= 0.3 is 11.9 Å². The lowest BCUT2D eigenvalue weighted by Crippen LogP contribution is -2.27. The van der Waals surface area contributed by atoms with Crippen LogP contribution in [0.5, 0.6) is 0 Å². The number of nitrogens with zero attached hydrogens (tertiary/aromatic N) is 1. The van der Waals surface area contributed by atoms with Gasteiger partial charge in [0.2, 0.25) is 0 Å². The highest BCUT2D eigenvalue weighted by molar-refractivity contribution is 5.71. The Kier molecular flexibility index (Phi) is 28.0. The van der Waals surface area contributed by atoms with Crippen molar-refractivity contribution >= 4 is 18.2 Å². The Morgan fingerprint density at radius 1 is 0.650 bits per heavy atom. The van der Waals surface area contributed by atoms with E-state index in [1.54, 1.807) is 0 Å². The van der Waals surface area contributed by atoms with Crippen molar-refractivity contribution in [2.45, 2.75) is 168 Å². The van der Waals surface area contributed by atoms with Crippen molar-refractivity contribution in [3.05, 3.63) is 0 Å². The van der Waals surface area contributed by atoms with Crippen LogP contribution in [0.25, 0.3) is 0 Å². The van der Waals surface area contributed by atoms with Crippen molar-refractivity contribution in [3.63, 3.8) is 0 Å². The summed E-state index contributed by atoms with van der Waals surface area (Å²) in [5.74, 6) is 0.512. The van der Waals surface area contributed by atoms with E-state index in [0.29, 0.717) is 31.9 Å². The van der Waals surface area contributed by atoms with Crippen LogP contribution in [-0.2, 0) is 23.9 Å². The highest BCUT2D eigenvalue weighted by Crippen LogP contribution is 2.21. The number of aldehydes is 1. The second-order valence-electron chi connectivity index (χ2n) is 12.0. The Morgan fingerprint density at radius 2 is 1.18 bits per heavy atom. The molecule has 40 heavy (non-hydrogen) atoms. The standard InChI is InChI=1S/C34H65NO5/c1-5-7-16-22-31(23-17-8-6-2)27-29-39-33(37)26-20-14-11-13-19-25-32(40-34(38)30-35(3)4)24-18-12-9-10-15-21-28-36/h28,31-32H,5-27,29-30H2,1-4H3. The first-order chi connectivity index (χ1) is 19.4. The maximum absolute atomic E-state index is 12.2. The summed E-state index contributed by atoms with van der Waals surface area (Å²) < 4.78 is 11.4. The third kappa shape index (κ3) is 26.8. The first kappa shape index (κ1) is 38.6. The number of rotatable bonds is 30. The van der Waals surface area contributed by atoms with Crippen molar-refractivity contribution in [1.82, 2.24) is 4.90 Å². The molecule has 6 heteroatoms. The molecule has 0 aromatic rings. The van der Waals surface area contributed by atoms with Crippen LogP contribution in [0, 0.1) is 5.92 Å². The molecule has 0 aliphatic heterocycles. The molecule has 0 radical (unpaired) electrons. The molecule has 0 fully saturated rings. The SMILES string of the molecule is CCCCCC(CCCCC)CCOC(=O)CCCCCCCC(CCCCCCCC=O)OC(=O)CN(C)C. The molecule has 1 unspecified atom stereocenters. The minimum atomic E-state index is -0.146. The fourth-order valence-electron chi connectivity index (χ4n) is 5.26. The normalized spacial score (nSPS) is 12.2. The van der Waals surface area contributed by atoms with Gasteiger partial charge in [0.1, 0.15) is 12.4 Å². The Balaban J connectivity index is 4.08. The molecule has 0 spiro atoms. The monoisotopic (exact) mass is 567 g/mol. The molecule has 236 valence electrons. The van der Waals surface area contributed by atoms with Crippen LogP contribution in [0.1, 0.15) is 162 Å². The summed E-state index contributed by atoms with van der Waals surface area (Å²) in [7, 11) is 3.76. The van der Waals surface area contributed by atoms with Gasteiger partial charge in [0.25, 0.3) is 0 Å². The minimum absolute atomic E-state index is 0.00910. The number of hydrogen-bond acceptors (Lipinski definition) is 6. The summed E-state index contributed by atoms with van der Waals surface area (Å²) in [6.07, 6.45) is 25.8. The maximum Gasteiger partial charge on any atom is 0.320 e. The molecule has 0 heterocycles. The molecule has 0 saturated heterocycles. The van der Waals surface area contributed by atoms with E-state index in [9.17, 15) is 14.4 Å². The number of likely N-dealkylation sites (N-methyl/N-ethyl adjacent to an activating group) is 1. The second-order valence-corrected chi connectivity index (χ2v) is 12.0. The predicted octanol–water partition coefficient (Wildman–Crippen LogP) is 8.83. The van der Waals surface area contributed by atoms with Crippen molar-refractivity contribution in [2.24, 2.45) is 5.92 Å². The van der Waals surface area contributed by atoms with Crippen LogP contribution >= 0.6 is 0 Å². The summed E-state index contributed by atoms with van der Waals surface area (Å²) in [5.41, 5.74) is 0. The van der Waals surface area contributed by atoms with Crippen LogP contribution in [-0.4, -0.2) is 56.5 Å². The van der Waals surface area contributed by atoms with E-state index in [2.05, 4.69) is 13.8 Å². The zero-order valence-corrected chi connectivity index (χ0v) is 26.9. The van der Waals surface area contributed by atoms with E-state index in [1.165, 1.54) is 51.4 Å². The molecule has 1 atom stereocenters. The van der Waals surface area contributed by atoms with Gasteiger partial charge in [-0.25, -0.2) is 0 Å². The van der Waals surface area contributed by atoms with E-state index in [1.807, 2.05) is 19.0 Å². The van der Waals surface area contributed by atoms with Crippen LogP contribution in [0.3, 0.4) is 0 Å². The largest absolute Gasteiger partial charge is 0.466 e. The van der Waals surface area contributed by atoms with Gasteiger partial charge < -0.3 is 14.3 Å². The first-order valence-electron chi connectivity index (χ1n) is 16.9. The first-order valence-corrected chi connectivity index (χ1v) is 16.9. The number of hydrogen-bond donors (Lipinski definition) is 0. The van der Waals surface area contributed by atoms with Gasteiger partial charge in [0.15, 0.2) is 0 Å². The van der Waals surface area contributed by atoms with Gasteiger partial charge in [-0.05, 0) is 65.0 Å². The Morgan fingerprint density at radius 3 is 1.73 bits per heavy atom. The van der Waals surface area contributed by atoms with Crippen molar-refractivity contribution in [3.8, 4) is 0 Å². The number of unbranched alkanes of at least 4 members (excludes halogenated alkanes) is 13. The van der Waals surface area contributed by atoms with Crippen molar-refractivity contribution < 1.29 is 23.9 Å². The molecule has 0 aliphatic rings. The predicted molar refractivity (Wildman–Crippen MR) is 166 cm³/mol.